The fourth-order valence-corrected chi connectivity index (χ4v) is 3.17. The van der Waals surface area contributed by atoms with E-state index < -0.39 is 0 Å². The summed E-state index contributed by atoms with van der Waals surface area (Å²) < 4.78 is 12.8. The third kappa shape index (κ3) is 7.56. The number of halogens is 1. The van der Waals surface area contributed by atoms with Crippen molar-refractivity contribution in [2.24, 2.45) is 4.99 Å². The van der Waals surface area contributed by atoms with Gasteiger partial charge in [-0.2, -0.15) is 5.10 Å². The van der Waals surface area contributed by atoms with Crippen LogP contribution in [-0.4, -0.2) is 53.6 Å². The summed E-state index contributed by atoms with van der Waals surface area (Å²) in [5.74, 6) is 2.59. The lowest BCUT2D eigenvalue weighted by Crippen LogP contribution is -2.47. The Kier molecular flexibility index (Phi) is 10.4. The number of guanidine groups is 1. The lowest BCUT2D eigenvalue weighted by atomic mass is 10.1. The number of hydrogen-bond acceptors (Lipinski definition) is 5. The van der Waals surface area contributed by atoms with Gasteiger partial charge in [0, 0.05) is 26.1 Å². The average molecular weight is 514 g/mol. The van der Waals surface area contributed by atoms with Crippen LogP contribution < -0.4 is 10.6 Å². The van der Waals surface area contributed by atoms with Gasteiger partial charge in [-0.15, -0.1) is 24.0 Å². The minimum atomic E-state index is 0. The molecule has 0 radical (unpaired) electrons. The Morgan fingerprint density at radius 2 is 2.10 bits per heavy atom. The van der Waals surface area contributed by atoms with E-state index in [-0.39, 0.29) is 30.0 Å². The maximum atomic E-state index is 5.71. The Labute approximate surface area is 189 Å². The normalized spacial score (nSPS) is 16.1. The predicted octanol–water partition coefficient (Wildman–Crippen LogP) is 2.13. The van der Waals surface area contributed by atoms with Gasteiger partial charge in [0.2, 0.25) is 0 Å². The van der Waals surface area contributed by atoms with Gasteiger partial charge in [0.15, 0.2) is 11.8 Å². The number of nitrogens with zero attached hydrogens (tertiary/aromatic N) is 4. The highest BCUT2D eigenvalue weighted by atomic mass is 127. The first-order valence-corrected chi connectivity index (χ1v) is 9.86. The van der Waals surface area contributed by atoms with Gasteiger partial charge in [0.1, 0.15) is 12.4 Å². The highest BCUT2D eigenvalue weighted by Crippen LogP contribution is 2.13. The number of fused-ring (bicyclic) bond motifs is 1. The van der Waals surface area contributed by atoms with E-state index in [0.717, 1.165) is 43.5 Å². The molecule has 0 bridgehead atoms. The molecule has 2 N–H and O–H groups in total. The Morgan fingerprint density at radius 3 is 2.86 bits per heavy atom. The minimum absolute atomic E-state index is 0. The molecule has 8 nitrogen and oxygen atoms in total. The summed E-state index contributed by atoms with van der Waals surface area (Å²) in [5.41, 5.74) is 1.18. The van der Waals surface area contributed by atoms with Gasteiger partial charge < -0.3 is 20.1 Å². The molecular formula is C20H31IN6O2. The van der Waals surface area contributed by atoms with Gasteiger partial charge in [-0.05, 0) is 18.9 Å². The lowest BCUT2D eigenvalue weighted by Gasteiger charge is -2.25. The van der Waals surface area contributed by atoms with Crippen LogP contribution in [0.4, 0.5) is 0 Å². The highest BCUT2D eigenvalue weighted by Gasteiger charge is 2.22. The molecule has 0 saturated heterocycles. The van der Waals surface area contributed by atoms with Crippen LogP contribution in [0.15, 0.2) is 35.3 Å². The van der Waals surface area contributed by atoms with E-state index in [1.807, 2.05) is 22.9 Å². The minimum Gasteiger partial charge on any atom is -0.377 e. The second-order valence-corrected chi connectivity index (χ2v) is 6.74. The molecule has 3 rings (SSSR count). The molecule has 0 fully saturated rings. The number of nitrogens with one attached hydrogen (secondary N) is 2. The number of aromatic nitrogens is 3. The maximum Gasteiger partial charge on any atom is 0.191 e. The van der Waals surface area contributed by atoms with Crippen LogP contribution in [0, 0.1) is 0 Å². The van der Waals surface area contributed by atoms with Crippen LogP contribution in [0.1, 0.15) is 30.6 Å². The van der Waals surface area contributed by atoms with Crippen LogP contribution in [-0.2, 0) is 35.7 Å². The first-order chi connectivity index (χ1) is 13.8. The average Bonchev–Trinajstić information content (AvgIpc) is 3.10. The van der Waals surface area contributed by atoms with Crippen LogP contribution in [0.5, 0.6) is 0 Å². The fourth-order valence-electron chi connectivity index (χ4n) is 3.17. The molecule has 9 heteroatoms. The number of benzene rings is 1. The molecule has 0 aliphatic carbocycles. The van der Waals surface area contributed by atoms with E-state index in [1.54, 1.807) is 7.11 Å². The zero-order valence-corrected chi connectivity index (χ0v) is 19.5. The monoisotopic (exact) mass is 514 g/mol. The molecule has 1 aliphatic heterocycles. The van der Waals surface area contributed by atoms with Crippen molar-refractivity contribution >= 4 is 29.9 Å². The van der Waals surface area contributed by atoms with Crippen molar-refractivity contribution in [3.05, 3.63) is 47.5 Å². The largest absolute Gasteiger partial charge is 0.377 e. The molecule has 160 valence electrons. The molecule has 0 amide bonds. The molecule has 1 atom stereocenters. The summed E-state index contributed by atoms with van der Waals surface area (Å²) in [6.45, 7) is 5.92. The van der Waals surface area contributed by atoms with E-state index >= 15 is 0 Å². The molecule has 1 aromatic carbocycles. The van der Waals surface area contributed by atoms with Crippen molar-refractivity contribution in [1.82, 2.24) is 25.4 Å². The van der Waals surface area contributed by atoms with E-state index in [0.29, 0.717) is 26.4 Å². The molecule has 2 heterocycles. The highest BCUT2D eigenvalue weighted by molar-refractivity contribution is 14.0. The smallest absolute Gasteiger partial charge is 0.191 e. The van der Waals surface area contributed by atoms with Crippen molar-refractivity contribution in [2.45, 2.75) is 45.6 Å². The Bertz CT molecular complexity index is 753. The Morgan fingerprint density at radius 1 is 1.28 bits per heavy atom. The fraction of sp³-hybridized carbons (Fsp3) is 0.550. The summed E-state index contributed by atoms with van der Waals surface area (Å²) in [4.78, 5) is 9.16. The summed E-state index contributed by atoms with van der Waals surface area (Å²) in [7, 11) is 1.66. The molecule has 0 saturated carbocycles. The van der Waals surface area contributed by atoms with E-state index in [1.165, 1.54) is 5.56 Å². The van der Waals surface area contributed by atoms with Crippen molar-refractivity contribution in [2.75, 3.05) is 26.8 Å². The van der Waals surface area contributed by atoms with Crippen LogP contribution in [0.25, 0.3) is 0 Å². The van der Waals surface area contributed by atoms with E-state index in [2.05, 4.69) is 44.8 Å². The van der Waals surface area contributed by atoms with Crippen molar-refractivity contribution in [1.29, 1.82) is 0 Å². The van der Waals surface area contributed by atoms with Crippen LogP contribution in [0.3, 0.4) is 0 Å². The summed E-state index contributed by atoms with van der Waals surface area (Å²) in [6, 6.07) is 10.4. The van der Waals surface area contributed by atoms with Crippen molar-refractivity contribution in [3.8, 4) is 0 Å². The second-order valence-electron chi connectivity index (χ2n) is 6.74. The summed E-state index contributed by atoms with van der Waals surface area (Å²) in [6.07, 6.45) is 1.90. The number of rotatable bonds is 9. The molecular weight excluding hydrogens is 483 g/mol. The predicted molar refractivity (Wildman–Crippen MR) is 123 cm³/mol. The van der Waals surface area contributed by atoms with Gasteiger partial charge in [-0.1, -0.05) is 30.3 Å². The van der Waals surface area contributed by atoms with Gasteiger partial charge in [0.25, 0.3) is 0 Å². The zero-order valence-electron chi connectivity index (χ0n) is 17.1. The topological polar surface area (TPSA) is 85.6 Å². The number of hydrogen-bond donors (Lipinski definition) is 2. The molecule has 2 aromatic rings. The number of aliphatic imine (C=N–C) groups is 1. The SMILES string of the molecule is CCNC(=NCCOCc1ccccc1)NC1CCc2nc(COC)nn2C1.I. The zero-order chi connectivity index (χ0) is 19.6. The first kappa shape index (κ1) is 23.6. The summed E-state index contributed by atoms with van der Waals surface area (Å²) >= 11 is 0. The Balaban J connectivity index is 0.00000300. The van der Waals surface area contributed by atoms with Crippen LogP contribution >= 0.6 is 24.0 Å². The summed E-state index contributed by atoms with van der Waals surface area (Å²) in [5, 5.41) is 11.3. The molecule has 1 unspecified atom stereocenters. The van der Waals surface area contributed by atoms with Gasteiger partial charge in [-0.3, -0.25) is 4.99 Å². The number of methoxy groups -OCH3 is 1. The maximum absolute atomic E-state index is 5.71. The quantitative estimate of drug-likeness (QED) is 0.231. The molecule has 1 aromatic heterocycles. The first-order valence-electron chi connectivity index (χ1n) is 9.86. The third-order valence-electron chi connectivity index (χ3n) is 4.48. The second kappa shape index (κ2) is 12.8. The van der Waals surface area contributed by atoms with E-state index in [9.17, 15) is 0 Å². The van der Waals surface area contributed by atoms with Gasteiger partial charge in [-0.25, -0.2) is 9.67 Å². The van der Waals surface area contributed by atoms with Gasteiger partial charge in [0.05, 0.1) is 26.3 Å². The number of aryl methyl sites for hydroxylation is 1. The standard InChI is InChI=1S/C20H30N6O2.HI/c1-3-21-20(22-11-12-28-14-16-7-5-4-6-8-16)23-17-9-10-19-24-18(15-27-2)25-26(19)13-17;/h4-8,17H,3,9-15H2,1-2H3,(H2,21,22,23);1H. The van der Waals surface area contributed by atoms with Crippen molar-refractivity contribution < 1.29 is 9.47 Å². The number of ether oxygens (including phenoxy) is 2. The molecule has 0 spiro atoms. The molecule has 1 aliphatic rings. The third-order valence-corrected chi connectivity index (χ3v) is 4.48. The van der Waals surface area contributed by atoms with Crippen molar-refractivity contribution in [3.63, 3.8) is 0 Å². The van der Waals surface area contributed by atoms with E-state index in [4.69, 9.17) is 9.47 Å². The Hall–Kier alpha value is -1.72. The molecule has 29 heavy (non-hydrogen) atoms. The lowest BCUT2D eigenvalue weighted by molar-refractivity contribution is 0.128. The van der Waals surface area contributed by atoms with Gasteiger partial charge >= 0.3 is 0 Å². The van der Waals surface area contributed by atoms with Crippen LogP contribution in [0.2, 0.25) is 0 Å².